The Kier molecular flexibility index (Phi) is 3.08. The number of furan rings is 1. The Balaban J connectivity index is 1.88. The van der Waals surface area contributed by atoms with Crippen LogP contribution >= 0.6 is 0 Å². The van der Waals surface area contributed by atoms with Crippen molar-refractivity contribution in [2.24, 2.45) is 5.41 Å². The third kappa shape index (κ3) is 2.44. The van der Waals surface area contributed by atoms with E-state index in [2.05, 4.69) is 24.5 Å². The number of hydrogen-bond acceptors (Lipinski definition) is 4. The van der Waals surface area contributed by atoms with Gasteiger partial charge in [-0.25, -0.2) is 0 Å². The van der Waals surface area contributed by atoms with E-state index in [1.165, 1.54) is 0 Å². The Labute approximate surface area is 135 Å². The summed E-state index contributed by atoms with van der Waals surface area (Å²) in [5.74, 6) is 0.953. The smallest absolute Gasteiger partial charge is 0.163 e. The van der Waals surface area contributed by atoms with Gasteiger partial charge in [-0.15, -0.1) is 0 Å². The molecule has 0 radical (unpaired) electrons. The summed E-state index contributed by atoms with van der Waals surface area (Å²) in [5.41, 5.74) is 3.75. The molecular formula is C19H20N2O2. The van der Waals surface area contributed by atoms with Gasteiger partial charge in [0.2, 0.25) is 0 Å². The van der Waals surface area contributed by atoms with Gasteiger partial charge in [0.15, 0.2) is 5.78 Å². The minimum Gasteiger partial charge on any atom is -0.467 e. The third-order valence-corrected chi connectivity index (χ3v) is 4.55. The molecule has 4 heteroatoms. The second-order valence-electron chi connectivity index (χ2n) is 7.10. The summed E-state index contributed by atoms with van der Waals surface area (Å²) >= 11 is 0. The molecule has 2 aromatic rings. The normalized spacial score (nSPS) is 22.5. The summed E-state index contributed by atoms with van der Waals surface area (Å²) in [5, 5.41) is 6.98. The Morgan fingerprint density at radius 1 is 1.09 bits per heavy atom. The lowest BCUT2D eigenvalue weighted by molar-refractivity contribution is -0.118. The van der Waals surface area contributed by atoms with Crippen LogP contribution in [-0.4, -0.2) is 5.78 Å². The van der Waals surface area contributed by atoms with Crippen molar-refractivity contribution >= 4 is 17.2 Å². The van der Waals surface area contributed by atoms with Crippen molar-refractivity contribution in [3.05, 3.63) is 59.7 Å². The van der Waals surface area contributed by atoms with Gasteiger partial charge in [0.05, 0.1) is 17.6 Å². The van der Waals surface area contributed by atoms with Crippen molar-refractivity contribution in [3.63, 3.8) is 0 Å². The molecule has 1 atom stereocenters. The molecule has 0 unspecified atom stereocenters. The van der Waals surface area contributed by atoms with E-state index in [1.807, 2.05) is 36.4 Å². The summed E-state index contributed by atoms with van der Waals surface area (Å²) < 4.78 is 5.62. The minimum atomic E-state index is -0.250. The third-order valence-electron chi connectivity index (χ3n) is 4.55. The monoisotopic (exact) mass is 308 g/mol. The van der Waals surface area contributed by atoms with Crippen LogP contribution in [0.2, 0.25) is 0 Å². The number of rotatable bonds is 1. The van der Waals surface area contributed by atoms with Crippen LogP contribution < -0.4 is 10.6 Å². The topological polar surface area (TPSA) is 54.3 Å². The highest BCUT2D eigenvalue weighted by atomic mass is 16.3. The number of hydrogen-bond donors (Lipinski definition) is 2. The van der Waals surface area contributed by atoms with E-state index in [-0.39, 0.29) is 17.2 Å². The first kappa shape index (κ1) is 14.1. The van der Waals surface area contributed by atoms with Crippen molar-refractivity contribution in [1.29, 1.82) is 0 Å². The average Bonchev–Trinajstić information content (AvgIpc) is 2.95. The van der Waals surface area contributed by atoms with E-state index >= 15 is 0 Å². The van der Waals surface area contributed by atoms with Gasteiger partial charge in [0, 0.05) is 17.7 Å². The van der Waals surface area contributed by atoms with Crippen molar-refractivity contribution in [1.82, 2.24) is 0 Å². The maximum Gasteiger partial charge on any atom is 0.163 e. The standard InChI is InChI=1S/C19H20N2O2/c1-19(2)10-14-17(15(22)11-19)18(16-8-5-9-23-16)21-13-7-4-3-6-12(13)20-14/h3-9,18,20-21H,10-11H2,1-2H3/t18-/m1/s1. The molecule has 118 valence electrons. The van der Waals surface area contributed by atoms with Gasteiger partial charge in [0.25, 0.3) is 0 Å². The molecule has 2 N–H and O–H groups in total. The Bertz CT molecular complexity index is 787. The number of Topliss-reactive ketones (excluding diaryl/α,β-unsaturated/α-hetero) is 1. The highest BCUT2D eigenvalue weighted by Gasteiger charge is 2.39. The van der Waals surface area contributed by atoms with Crippen molar-refractivity contribution in [2.75, 3.05) is 10.6 Å². The maximum atomic E-state index is 12.9. The molecule has 0 fully saturated rings. The second kappa shape index (κ2) is 5.01. The van der Waals surface area contributed by atoms with Crippen LogP contribution in [0.5, 0.6) is 0 Å². The first-order valence-corrected chi connectivity index (χ1v) is 7.96. The van der Waals surface area contributed by atoms with E-state index in [0.29, 0.717) is 6.42 Å². The lowest BCUT2D eigenvalue weighted by Crippen LogP contribution is -2.31. The SMILES string of the molecule is CC1(C)CC(=O)C2=C(C1)Nc1ccccc1N[C@@H]2c1ccco1. The fourth-order valence-corrected chi connectivity index (χ4v) is 3.56. The van der Waals surface area contributed by atoms with Crippen molar-refractivity contribution in [2.45, 2.75) is 32.7 Å². The van der Waals surface area contributed by atoms with Gasteiger partial charge >= 0.3 is 0 Å². The molecule has 0 spiro atoms. The van der Waals surface area contributed by atoms with Crippen LogP contribution in [0.15, 0.2) is 58.3 Å². The van der Waals surface area contributed by atoms with Crippen LogP contribution in [0, 0.1) is 5.41 Å². The fraction of sp³-hybridized carbons (Fsp3) is 0.316. The van der Waals surface area contributed by atoms with Gasteiger partial charge in [-0.05, 0) is 36.1 Å². The van der Waals surface area contributed by atoms with Crippen molar-refractivity contribution in [3.8, 4) is 0 Å². The van der Waals surface area contributed by atoms with E-state index in [9.17, 15) is 4.79 Å². The molecule has 2 aliphatic rings. The van der Waals surface area contributed by atoms with Gasteiger partial charge < -0.3 is 15.1 Å². The summed E-state index contributed by atoms with van der Waals surface area (Å²) in [6, 6.07) is 11.6. The first-order valence-electron chi connectivity index (χ1n) is 7.96. The van der Waals surface area contributed by atoms with Crippen molar-refractivity contribution < 1.29 is 9.21 Å². The zero-order valence-electron chi connectivity index (χ0n) is 13.3. The van der Waals surface area contributed by atoms with Gasteiger partial charge in [-0.1, -0.05) is 26.0 Å². The predicted molar refractivity (Wildman–Crippen MR) is 90.2 cm³/mol. The minimum absolute atomic E-state index is 0.0318. The zero-order valence-corrected chi connectivity index (χ0v) is 13.3. The van der Waals surface area contributed by atoms with Gasteiger partial charge in [-0.2, -0.15) is 0 Å². The molecule has 23 heavy (non-hydrogen) atoms. The molecule has 0 saturated carbocycles. The van der Waals surface area contributed by atoms with E-state index in [1.54, 1.807) is 6.26 Å². The van der Waals surface area contributed by atoms with E-state index in [4.69, 9.17) is 4.42 Å². The second-order valence-corrected chi connectivity index (χ2v) is 7.10. The molecule has 2 heterocycles. The average molecular weight is 308 g/mol. The number of fused-ring (bicyclic) bond motifs is 1. The molecular weight excluding hydrogens is 288 g/mol. The number of nitrogens with one attached hydrogen (secondary N) is 2. The van der Waals surface area contributed by atoms with Crippen LogP contribution in [0.3, 0.4) is 0 Å². The number of carbonyl (C=O) groups excluding carboxylic acids is 1. The lowest BCUT2D eigenvalue weighted by Gasteiger charge is -2.33. The number of allylic oxidation sites excluding steroid dienone is 1. The number of ketones is 1. The summed E-state index contributed by atoms with van der Waals surface area (Å²) in [4.78, 5) is 12.9. The number of carbonyl (C=O) groups is 1. The maximum absolute atomic E-state index is 12.9. The van der Waals surface area contributed by atoms with Gasteiger partial charge in [0.1, 0.15) is 11.8 Å². The summed E-state index contributed by atoms with van der Waals surface area (Å²) in [6.45, 7) is 4.28. The van der Waals surface area contributed by atoms with E-state index < -0.39 is 0 Å². The molecule has 4 rings (SSSR count). The molecule has 1 aromatic carbocycles. The Morgan fingerprint density at radius 3 is 2.61 bits per heavy atom. The number of benzene rings is 1. The van der Waals surface area contributed by atoms with Crippen LogP contribution in [0.1, 0.15) is 38.5 Å². The zero-order chi connectivity index (χ0) is 16.0. The quantitative estimate of drug-likeness (QED) is 0.814. The first-order chi connectivity index (χ1) is 11.0. The molecule has 1 aliphatic heterocycles. The number of anilines is 2. The van der Waals surface area contributed by atoms with Crippen LogP contribution in [0.25, 0.3) is 0 Å². The largest absolute Gasteiger partial charge is 0.467 e. The highest BCUT2D eigenvalue weighted by Crippen LogP contribution is 2.45. The molecule has 4 nitrogen and oxygen atoms in total. The molecule has 0 amide bonds. The highest BCUT2D eigenvalue weighted by molar-refractivity contribution is 6.00. The Hall–Kier alpha value is -2.49. The number of para-hydroxylation sites is 2. The van der Waals surface area contributed by atoms with E-state index in [0.717, 1.165) is 34.8 Å². The van der Waals surface area contributed by atoms with Gasteiger partial charge in [-0.3, -0.25) is 4.79 Å². The van der Waals surface area contributed by atoms with Crippen LogP contribution in [-0.2, 0) is 4.79 Å². The lowest BCUT2D eigenvalue weighted by atomic mass is 9.74. The molecule has 1 aliphatic carbocycles. The fourth-order valence-electron chi connectivity index (χ4n) is 3.56. The summed E-state index contributed by atoms with van der Waals surface area (Å²) in [6.07, 6.45) is 3.06. The van der Waals surface area contributed by atoms with Crippen LogP contribution in [0.4, 0.5) is 11.4 Å². The predicted octanol–water partition coefficient (Wildman–Crippen LogP) is 4.50. The molecule has 0 saturated heterocycles. The summed E-state index contributed by atoms with van der Waals surface area (Å²) in [7, 11) is 0. The molecule has 1 aromatic heterocycles. The molecule has 0 bridgehead atoms. The Morgan fingerprint density at radius 2 is 1.87 bits per heavy atom.